The van der Waals surface area contributed by atoms with Crippen molar-refractivity contribution in [2.45, 2.75) is 20.5 Å². The summed E-state index contributed by atoms with van der Waals surface area (Å²) in [5, 5.41) is 0.700. The van der Waals surface area contributed by atoms with Crippen LogP contribution in [0.3, 0.4) is 0 Å². The fourth-order valence-electron chi connectivity index (χ4n) is 1.99. The van der Waals surface area contributed by atoms with Crippen LogP contribution in [0.2, 0.25) is 5.02 Å². The smallest absolute Gasteiger partial charge is 0.396 e. The maximum atomic E-state index is 5.83. The summed E-state index contributed by atoms with van der Waals surface area (Å²) in [6.45, 7) is 4.27. The number of rotatable bonds is 3. The van der Waals surface area contributed by atoms with E-state index in [1.807, 2.05) is 44.2 Å². The van der Waals surface area contributed by atoms with Crippen molar-refractivity contribution in [2.75, 3.05) is 0 Å². The summed E-state index contributed by atoms with van der Waals surface area (Å²) in [6, 6.07) is 9.41. The first-order chi connectivity index (χ1) is 9.61. The molecule has 0 atom stereocenters. The number of hydrogen-bond acceptors (Lipinski definition) is 4. The van der Waals surface area contributed by atoms with Gasteiger partial charge in [0, 0.05) is 10.7 Å². The van der Waals surface area contributed by atoms with Crippen molar-refractivity contribution in [1.82, 2.24) is 9.97 Å². The zero-order chi connectivity index (χ0) is 14.1. The van der Waals surface area contributed by atoms with Crippen molar-refractivity contribution in [3.05, 3.63) is 52.2 Å². The molecule has 0 spiro atoms. The molecular weight excluding hydrogens is 276 g/mol. The molecule has 0 radical (unpaired) electrons. The Bertz CT molecular complexity index is 750. The van der Waals surface area contributed by atoms with Gasteiger partial charge in [-0.25, -0.2) is 4.98 Å². The maximum Gasteiger partial charge on any atom is 0.396 e. The fraction of sp³-hybridized carbons (Fsp3) is 0.200. The molecule has 0 aliphatic rings. The monoisotopic (exact) mass is 288 g/mol. The van der Waals surface area contributed by atoms with Crippen LogP contribution >= 0.6 is 11.6 Å². The molecule has 20 heavy (non-hydrogen) atoms. The first-order valence-corrected chi connectivity index (χ1v) is 6.61. The maximum absolute atomic E-state index is 5.83. The zero-order valence-corrected chi connectivity index (χ0v) is 11.9. The van der Waals surface area contributed by atoms with Crippen LogP contribution in [0.25, 0.3) is 11.2 Å². The minimum Gasteiger partial charge on any atom is -0.445 e. The number of halogens is 1. The van der Waals surface area contributed by atoms with Crippen LogP contribution in [0.1, 0.15) is 16.8 Å². The van der Waals surface area contributed by atoms with E-state index in [0.29, 0.717) is 17.3 Å². The number of aromatic nitrogens is 2. The van der Waals surface area contributed by atoms with Crippen molar-refractivity contribution < 1.29 is 9.15 Å². The van der Waals surface area contributed by atoms with Gasteiger partial charge < -0.3 is 9.15 Å². The number of aryl methyl sites for hydroxylation is 2. The predicted octanol–water partition coefficient (Wildman–Crippen LogP) is 4.07. The Kier molecular flexibility index (Phi) is 3.32. The number of fused-ring (bicyclic) bond motifs is 1. The molecule has 0 fully saturated rings. The topological polar surface area (TPSA) is 48.2 Å². The van der Waals surface area contributed by atoms with E-state index in [-0.39, 0.29) is 6.08 Å². The highest BCUT2D eigenvalue weighted by Crippen LogP contribution is 2.23. The Hall–Kier alpha value is -2.07. The summed E-state index contributed by atoms with van der Waals surface area (Å²) in [7, 11) is 0. The van der Waals surface area contributed by atoms with Crippen molar-refractivity contribution >= 4 is 22.8 Å². The lowest BCUT2D eigenvalue weighted by atomic mass is 10.2. The van der Waals surface area contributed by atoms with Crippen molar-refractivity contribution in [1.29, 1.82) is 0 Å². The van der Waals surface area contributed by atoms with E-state index in [0.717, 1.165) is 22.3 Å². The number of ether oxygens (including phenoxy) is 1. The van der Waals surface area contributed by atoms with Gasteiger partial charge in [0.25, 0.3) is 5.71 Å². The summed E-state index contributed by atoms with van der Waals surface area (Å²) >= 11 is 5.83. The summed E-state index contributed by atoms with van der Waals surface area (Å²) in [5.41, 5.74) is 4.17. The average molecular weight is 289 g/mol. The molecule has 4 nitrogen and oxygen atoms in total. The molecule has 0 aliphatic heterocycles. The van der Waals surface area contributed by atoms with E-state index >= 15 is 0 Å². The Morgan fingerprint density at radius 2 is 1.90 bits per heavy atom. The van der Waals surface area contributed by atoms with Crippen LogP contribution in [0.4, 0.5) is 0 Å². The first kappa shape index (κ1) is 12.9. The van der Waals surface area contributed by atoms with Crippen LogP contribution in [-0.2, 0) is 6.61 Å². The molecule has 0 amide bonds. The largest absolute Gasteiger partial charge is 0.445 e. The summed E-state index contributed by atoms with van der Waals surface area (Å²) in [4.78, 5) is 8.61. The Labute approximate surface area is 121 Å². The highest BCUT2D eigenvalue weighted by Gasteiger charge is 2.11. The van der Waals surface area contributed by atoms with Gasteiger partial charge in [0.15, 0.2) is 0 Å². The van der Waals surface area contributed by atoms with Gasteiger partial charge in [-0.15, -0.1) is 0 Å². The van der Waals surface area contributed by atoms with Gasteiger partial charge >= 0.3 is 6.08 Å². The fourth-order valence-corrected chi connectivity index (χ4v) is 2.11. The second-order valence-corrected chi connectivity index (χ2v) is 5.07. The van der Waals surface area contributed by atoms with Gasteiger partial charge in [-0.2, -0.15) is 4.98 Å². The lowest BCUT2D eigenvalue weighted by molar-refractivity contribution is 0.225. The van der Waals surface area contributed by atoms with E-state index < -0.39 is 0 Å². The first-order valence-electron chi connectivity index (χ1n) is 6.24. The van der Waals surface area contributed by atoms with Crippen molar-refractivity contribution in [3.63, 3.8) is 0 Å². The molecule has 3 rings (SSSR count). The molecule has 2 heterocycles. The lowest BCUT2D eigenvalue weighted by Crippen LogP contribution is -1.94. The van der Waals surface area contributed by atoms with E-state index in [9.17, 15) is 0 Å². The Morgan fingerprint density at radius 3 is 2.65 bits per heavy atom. The third-order valence-electron chi connectivity index (χ3n) is 2.94. The standard InChI is InChI=1S/C15H13ClN2O2/c1-9-7-10(2)17-14-13(9)18-15(20-14)19-8-11-3-5-12(16)6-4-11/h3-7H,8H2,1-2H3. The second kappa shape index (κ2) is 5.13. The van der Waals surface area contributed by atoms with Crippen molar-refractivity contribution in [2.24, 2.45) is 0 Å². The van der Waals surface area contributed by atoms with E-state index in [1.165, 1.54) is 0 Å². The van der Waals surface area contributed by atoms with E-state index in [2.05, 4.69) is 9.97 Å². The van der Waals surface area contributed by atoms with Crippen LogP contribution in [0, 0.1) is 13.8 Å². The molecule has 2 aromatic heterocycles. The molecule has 0 unspecified atom stereocenters. The van der Waals surface area contributed by atoms with E-state index in [4.69, 9.17) is 20.8 Å². The zero-order valence-electron chi connectivity index (χ0n) is 11.2. The number of pyridine rings is 1. The summed E-state index contributed by atoms with van der Waals surface area (Å²) in [6.07, 6.45) is 0.233. The van der Waals surface area contributed by atoms with Crippen LogP contribution in [0.5, 0.6) is 6.08 Å². The Morgan fingerprint density at radius 1 is 1.15 bits per heavy atom. The van der Waals surface area contributed by atoms with Gasteiger partial charge in [0.2, 0.25) is 0 Å². The second-order valence-electron chi connectivity index (χ2n) is 4.63. The van der Waals surface area contributed by atoms with Gasteiger partial charge in [0.05, 0.1) is 0 Å². The number of benzene rings is 1. The molecule has 3 aromatic rings. The SMILES string of the molecule is Cc1cc(C)c2nc(OCc3ccc(Cl)cc3)oc2n1. The minimum atomic E-state index is 0.233. The number of hydrogen-bond donors (Lipinski definition) is 0. The molecule has 0 aliphatic carbocycles. The summed E-state index contributed by atoms with van der Waals surface area (Å²) in [5.74, 6) is 0. The number of oxazole rings is 1. The predicted molar refractivity (Wildman–Crippen MR) is 77.1 cm³/mol. The number of nitrogens with zero attached hydrogens (tertiary/aromatic N) is 2. The van der Waals surface area contributed by atoms with Crippen LogP contribution in [-0.4, -0.2) is 9.97 Å². The van der Waals surface area contributed by atoms with Crippen LogP contribution < -0.4 is 4.74 Å². The molecule has 5 heteroatoms. The highest BCUT2D eigenvalue weighted by molar-refractivity contribution is 6.30. The molecule has 0 N–H and O–H groups in total. The summed E-state index contributed by atoms with van der Waals surface area (Å²) < 4.78 is 11.1. The third kappa shape index (κ3) is 2.60. The third-order valence-corrected chi connectivity index (χ3v) is 3.19. The van der Waals surface area contributed by atoms with Gasteiger partial charge in [-0.1, -0.05) is 23.7 Å². The average Bonchev–Trinajstić information content (AvgIpc) is 2.81. The van der Waals surface area contributed by atoms with Gasteiger partial charge in [-0.05, 0) is 43.2 Å². The van der Waals surface area contributed by atoms with E-state index in [1.54, 1.807) is 0 Å². The highest BCUT2D eigenvalue weighted by atomic mass is 35.5. The normalized spacial score (nSPS) is 10.9. The molecule has 0 bridgehead atoms. The minimum absolute atomic E-state index is 0.233. The van der Waals surface area contributed by atoms with Crippen molar-refractivity contribution in [3.8, 4) is 6.08 Å². The quantitative estimate of drug-likeness (QED) is 0.729. The molecule has 0 saturated heterocycles. The lowest BCUT2D eigenvalue weighted by Gasteiger charge is -2.01. The molecule has 0 saturated carbocycles. The molecule has 102 valence electrons. The molecule has 1 aromatic carbocycles. The van der Waals surface area contributed by atoms with Gasteiger partial charge in [0.1, 0.15) is 12.1 Å². The van der Waals surface area contributed by atoms with Gasteiger partial charge in [-0.3, -0.25) is 0 Å². The Balaban J connectivity index is 1.81. The molecular formula is C15H13ClN2O2. The van der Waals surface area contributed by atoms with Crippen LogP contribution in [0.15, 0.2) is 34.7 Å².